The van der Waals surface area contributed by atoms with Gasteiger partial charge in [-0.25, -0.2) is 15.0 Å². The molecule has 12 rings (SSSR count). The molecule has 0 unspecified atom stereocenters. The minimum absolute atomic E-state index is 0.718. The fraction of sp³-hybridized carbons (Fsp3) is 0.0185. The fourth-order valence-electron chi connectivity index (χ4n) is 9.11. The smallest absolute Gasteiger partial charge is 0.138 e. The van der Waals surface area contributed by atoms with E-state index < -0.39 is 0 Å². The highest BCUT2D eigenvalue weighted by Gasteiger charge is 2.19. The number of nitrogens with zero attached hydrogens (tertiary/aromatic N) is 8. The van der Waals surface area contributed by atoms with Gasteiger partial charge in [0.1, 0.15) is 17.5 Å². The molecule has 0 aliphatic carbocycles. The predicted molar refractivity (Wildman–Crippen MR) is 256 cm³/mol. The summed E-state index contributed by atoms with van der Waals surface area (Å²) in [5.41, 5.74) is 20.5. The van der Waals surface area contributed by atoms with E-state index in [1.165, 1.54) is 0 Å². The number of pyridine rings is 5. The summed E-state index contributed by atoms with van der Waals surface area (Å²) >= 11 is 0. The van der Waals surface area contributed by atoms with Gasteiger partial charge in [-0.3, -0.25) is 23.7 Å². The molecule has 0 atom stereocenters. The van der Waals surface area contributed by atoms with Crippen LogP contribution in [0.15, 0.2) is 188 Å². The van der Waals surface area contributed by atoms with E-state index in [-0.39, 0.29) is 0 Å². The van der Waals surface area contributed by atoms with Crippen LogP contribution in [0.1, 0.15) is 12.6 Å². The quantitative estimate of drug-likeness (QED) is 0.172. The second-order valence-corrected chi connectivity index (χ2v) is 15.5. The van der Waals surface area contributed by atoms with E-state index >= 15 is 0 Å². The van der Waals surface area contributed by atoms with Gasteiger partial charge in [0.2, 0.25) is 0 Å². The molecule has 0 aliphatic rings. The largest absolute Gasteiger partial charge is 0.396 e. The molecule has 0 saturated heterocycles. The number of benzene rings is 4. The zero-order valence-electron chi connectivity index (χ0n) is 34.1. The molecule has 8 aromatic heterocycles. The second kappa shape index (κ2) is 14.5. The van der Waals surface area contributed by atoms with Crippen molar-refractivity contribution in [3.63, 3.8) is 0 Å². The van der Waals surface area contributed by atoms with Crippen LogP contribution in [-0.2, 0) is 0 Å². The predicted octanol–water partition coefficient (Wildman–Crippen LogP) is 12.4. The molecular weight excluding hydrogens is 775 g/mol. The third-order valence-corrected chi connectivity index (χ3v) is 11.8. The number of rotatable bonds is 7. The Bertz CT molecular complexity index is 3510. The van der Waals surface area contributed by atoms with Crippen LogP contribution in [0.25, 0.3) is 112 Å². The number of hydrogen-bond donors (Lipinski definition) is 1. The van der Waals surface area contributed by atoms with Gasteiger partial charge in [-0.2, -0.15) is 0 Å². The molecular formula is C54H37N9. The maximum Gasteiger partial charge on any atom is 0.138 e. The molecule has 9 heteroatoms. The molecule has 8 heterocycles. The van der Waals surface area contributed by atoms with Crippen molar-refractivity contribution in [2.45, 2.75) is 6.92 Å². The van der Waals surface area contributed by atoms with E-state index in [0.717, 1.165) is 117 Å². The first-order valence-corrected chi connectivity index (χ1v) is 20.9. The van der Waals surface area contributed by atoms with Crippen molar-refractivity contribution in [2.24, 2.45) is 0 Å². The first-order valence-electron chi connectivity index (χ1n) is 20.9. The van der Waals surface area contributed by atoms with Crippen LogP contribution in [0.5, 0.6) is 0 Å². The number of fused-ring (bicyclic) bond motifs is 7. The van der Waals surface area contributed by atoms with Crippen LogP contribution < -0.4 is 5.73 Å². The Morgan fingerprint density at radius 3 is 1.27 bits per heavy atom. The Hall–Kier alpha value is -8.69. The summed E-state index contributed by atoms with van der Waals surface area (Å²) in [5, 5.41) is 3.14. The molecule has 0 saturated carbocycles. The zero-order chi connectivity index (χ0) is 42.0. The highest BCUT2D eigenvalue weighted by molar-refractivity contribution is 6.08. The second-order valence-electron chi connectivity index (χ2n) is 15.5. The van der Waals surface area contributed by atoms with Crippen LogP contribution in [0.3, 0.4) is 0 Å². The lowest BCUT2D eigenvalue weighted by molar-refractivity contribution is 1.03. The lowest BCUT2D eigenvalue weighted by Gasteiger charge is -2.14. The number of allylic oxidation sites excluding steroid dienone is 1. The van der Waals surface area contributed by atoms with E-state index in [4.69, 9.17) is 30.7 Å². The van der Waals surface area contributed by atoms with Gasteiger partial charge in [-0.15, -0.1) is 0 Å². The number of aromatic nitrogens is 8. The zero-order valence-corrected chi connectivity index (χ0v) is 34.1. The van der Waals surface area contributed by atoms with Gasteiger partial charge in [-0.05, 0) is 110 Å². The van der Waals surface area contributed by atoms with Crippen molar-refractivity contribution < 1.29 is 0 Å². The van der Waals surface area contributed by atoms with Crippen LogP contribution in [0.2, 0.25) is 0 Å². The highest BCUT2D eigenvalue weighted by Crippen LogP contribution is 2.37. The maximum absolute atomic E-state index is 6.77. The van der Waals surface area contributed by atoms with Gasteiger partial charge in [0.05, 0.1) is 67.1 Å². The molecule has 298 valence electrons. The lowest BCUT2D eigenvalue weighted by atomic mass is 9.98. The molecule has 63 heavy (non-hydrogen) atoms. The Labute approximate surface area is 361 Å². The summed E-state index contributed by atoms with van der Waals surface area (Å²) < 4.78 is 6.52. The van der Waals surface area contributed by atoms with Crippen molar-refractivity contribution in [1.82, 2.24) is 38.6 Å². The minimum Gasteiger partial charge on any atom is -0.396 e. The molecule has 0 aliphatic heterocycles. The number of nitrogen functional groups attached to an aromatic ring is 1. The van der Waals surface area contributed by atoms with Gasteiger partial charge in [0, 0.05) is 45.2 Å². The third-order valence-electron chi connectivity index (χ3n) is 11.8. The average Bonchev–Trinajstić information content (AvgIpc) is 3.97. The van der Waals surface area contributed by atoms with Gasteiger partial charge in [0.25, 0.3) is 0 Å². The molecule has 0 amide bonds. The van der Waals surface area contributed by atoms with Crippen LogP contribution in [0, 0.1) is 0 Å². The summed E-state index contributed by atoms with van der Waals surface area (Å²) in [7, 11) is 0. The molecule has 9 nitrogen and oxygen atoms in total. The summed E-state index contributed by atoms with van der Waals surface area (Å²) in [6.45, 7) is 2.00. The van der Waals surface area contributed by atoms with Crippen molar-refractivity contribution in [2.75, 3.05) is 5.73 Å². The number of para-hydroxylation sites is 3. The van der Waals surface area contributed by atoms with E-state index in [0.29, 0.717) is 0 Å². The third kappa shape index (κ3) is 5.82. The van der Waals surface area contributed by atoms with Crippen molar-refractivity contribution >= 4 is 66.5 Å². The lowest BCUT2D eigenvalue weighted by Crippen LogP contribution is -2.02. The molecule has 0 spiro atoms. The average molecular weight is 812 g/mol. The van der Waals surface area contributed by atoms with Crippen molar-refractivity contribution in [1.29, 1.82) is 0 Å². The van der Waals surface area contributed by atoms with Gasteiger partial charge < -0.3 is 5.73 Å². The first kappa shape index (κ1) is 36.2. The Morgan fingerprint density at radius 2 is 0.810 bits per heavy atom. The molecule has 2 N–H and O–H groups in total. The van der Waals surface area contributed by atoms with E-state index in [1.807, 2.05) is 61.8 Å². The highest BCUT2D eigenvalue weighted by atomic mass is 15.1. The molecule has 0 radical (unpaired) electrons. The number of hydrogen-bond acceptors (Lipinski definition) is 6. The monoisotopic (exact) mass is 811 g/mol. The molecule has 0 fully saturated rings. The van der Waals surface area contributed by atoms with Crippen molar-refractivity contribution in [3.05, 3.63) is 194 Å². The Morgan fingerprint density at radius 1 is 0.413 bits per heavy atom. The normalized spacial score (nSPS) is 11.9. The molecule has 12 aromatic rings. The SMILES string of the molecule is C/C=C\c1c(N)c2ccccc2n1-c1cccc(-c2cc(-c3cccc(-n4c5ccccc5c5ncccc54)n3)cc(-c3cccc(-n4c5ccccc5c5ncccc54)n3)c2)n1. The molecule has 4 aromatic carbocycles. The van der Waals surface area contributed by atoms with E-state index in [9.17, 15) is 0 Å². The summed E-state index contributed by atoms with van der Waals surface area (Å²) in [6.07, 6.45) is 7.74. The van der Waals surface area contributed by atoms with E-state index in [2.05, 4.69) is 153 Å². The number of nitrogens with two attached hydrogens (primary N) is 1. The fourth-order valence-corrected chi connectivity index (χ4v) is 9.11. The van der Waals surface area contributed by atoms with Gasteiger partial charge in [-0.1, -0.05) is 78.9 Å². The maximum atomic E-state index is 6.77. The summed E-state index contributed by atoms with van der Waals surface area (Å²) in [6, 6.07) is 58.1. The minimum atomic E-state index is 0.718. The van der Waals surface area contributed by atoms with Crippen LogP contribution >= 0.6 is 0 Å². The van der Waals surface area contributed by atoms with Crippen molar-refractivity contribution in [3.8, 4) is 51.2 Å². The number of anilines is 1. The van der Waals surface area contributed by atoms with Gasteiger partial charge in [0.15, 0.2) is 0 Å². The van der Waals surface area contributed by atoms with E-state index in [1.54, 1.807) is 0 Å². The summed E-state index contributed by atoms with van der Waals surface area (Å²) in [4.78, 5) is 25.6. The van der Waals surface area contributed by atoms with Crippen LogP contribution in [-0.4, -0.2) is 38.6 Å². The molecule has 0 bridgehead atoms. The first-order chi connectivity index (χ1) is 31.1. The van der Waals surface area contributed by atoms with Crippen LogP contribution in [0.4, 0.5) is 5.69 Å². The Kier molecular flexibility index (Phi) is 8.33. The summed E-state index contributed by atoms with van der Waals surface area (Å²) in [5.74, 6) is 2.36. The van der Waals surface area contributed by atoms with Gasteiger partial charge >= 0.3 is 0 Å². The standard InChI is InChI=1S/C54H37N9/c1-2-14-46-52(55)37-15-3-6-21-43(37)61(46)49-26-9-18-40(58-49)34-31-35(41-19-10-27-50(59-41)62-44-22-7-4-16-38(44)53-47(62)24-12-29-56-53)33-36(32-34)42-20-11-28-51(60-42)63-45-23-8-5-17-39(45)54-48(63)25-13-30-57-54/h2-33H,55H2,1H3/b14-2-. The topological polar surface area (TPSA) is 105 Å². The Balaban J connectivity index is 1.06.